The van der Waals surface area contributed by atoms with Crippen LogP contribution in [0, 0.1) is 4.77 Å². The number of phenolic OH excluding ortho intramolecular Hbond substituents is 1. The summed E-state index contributed by atoms with van der Waals surface area (Å²) in [4.78, 5) is 17.5. The van der Waals surface area contributed by atoms with Gasteiger partial charge in [-0.05, 0) is 30.3 Å². The Balaban J connectivity index is 2.50. The normalized spacial score (nSPS) is 10.5. The highest BCUT2D eigenvalue weighted by molar-refractivity contribution is 7.71. The fourth-order valence-electron chi connectivity index (χ4n) is 1.90. The number of benzene rings is 1. The first-order valence-corrected chi connectivity index (χ1v) is 6.14. The number of para-hydroxylation sites is 1. The largest absolute Gasteiger partial charge is 0.508 e. The van der Waals surface area contributed by atoms with Crippen molar-refractivity contribution in [3.8, 4) is 5.75 Å². The summed E-state index contributed by atoms with van der Waals surface area (Å²) in [5, 5.41) is 9.74. The lowest BCUT2D eigenvalue weighted by molar-refractivity contribution is 0.469. The van der Waals surface area contributed by atoms with Crippen LogP contribution in [0.5, 0.6) is 5.75 Å². The Bertz CT molecular complexity index is 673. The quantitative estimate of drug-likeness (QED) is 0.743. The van der Waals surface area contributed by atoms with Crippen molar-refractivity contribution < 1.29 is 5.11 Å². The molecule has 0 radical (unpaired) electrons. The van der Waals surface area contributed by atoms with Crippen LogP contribution in [0.25, 0.3) is 0 Å². The topological polar surface area (TPSA) is 68.9 Å². The molecule has 5 heteroatoms. The van der Waals surface area contributed by atoms with Crippen LogP contribution in [-0.2, 0) is 12.8 Å². The Morgan fingerprint density at radius 1 is 1.28 bits per heavy atom. The molecule has 1 heterocycles. The van der Waals surface area contributed by atoms with Gasteiger partial charge >= 0.3 is 0 Å². The fourth-order valence-corrected chi connectivity index (χ4v) is 2.11. The zero-order valence-electron chi connectivity index (χ0n) is 9.99. The zero-order chi connectivity index (χ0) is 13.1. The van der Waals surface area contributed by atoms with Gasteiger partial charge in [-0.15, -0.1) is 0 Å². The molecular weight excluding hydrogens is 248 g/mol. The lowest BCUT2D eigenvalue weighted by Gasteiger charge is -2.08. The molecule has 1 aromatic carbocycles. The van der Waals surface area contributed by atoms with Gasteiger partial charge in [0, 0.05) is 17.7 Å². The van der Waals surface area contributed by atoms with E-state index < -0.39 is 0 Å². The van der Waals surface area contributed by atoms with Gasteiger partial charge in [0.05, 0.1) is 0 Å². The molecule has 2 rings (SSSR count). The van der Waals surface area contributed by atoms with Crippen LogP contribution in [0.4, 0.5) is 0 Å². The molecule has 0 aliphatic heterocycles. The maximum atomic E-state index is 11.9. The highest BCUT2D eigenvalue weighted by atomic mass is 32.1. The number of aromatic amines is 2. The first-order valence-electron chi connectivity index (χ1n) is 5.73. The van der Waals surface area contributed by atoms with Crippen molar-refractivity contribution in [2.45, 2.75) is 19.8 Å². The Kier molecular flexibility index (Phi) is 3.62. The summed E-state index contributed by atoms with van der Waals surface area (Å²) in [5.41, 5.74) is 1.96. The number of aromatic nitrogens is 2. The van der Waals surface area contributed by atoms with E-state index in [1.165, 1.54) is 0 Å². The molecule has 0 spiro atoms. The van der Waals surface area contributed by atoms with E-state index in [1.807, 2.05) is 13.0 Å². The first kappa shape index (κ1) is 12.6. The van der Waals surface area contributed by atoms with Crippen LogP contribution < -0.4 is 5.56 Å². The molecular formula is C13H14N2O2S. The van der Waals surface area contributed by atoms with Crippen molar-refractivity contribution in [2.75, 3.05) is 0 Å². The van der Waals surface area contributed by atoms with E-state index in [1.54, 1.807) is 18.2 Å². The lowest BCUT2D eigenvalue weighted by Crippen LogP contribution is -2.18. The number of aromatic hydroxyl groups is 1. The Morgan fingerprint density at radius 3 is 2.67 bits per heavy atom. The molecule has 0 fully saturated rings. The summed E-state index contributed by atoms with van der Waals surface area (Å²) in [6.07, 6.45) is 1.08. The third-order valence-electron chi connectivity index (χ3n) is 2.84. The maximum absolute atomic E-state index is 11.9. The summed E-state index contributed by atoms with van der Waals surface area (Å²) in [5.74, 6) is 0.196. The number of phenols is 1. The molecule has 0 amide bonds. The van der Waals surface area contributed by atoms with E-state index in [0.29, 0.717) is 23.2 Å². The van der Waals surface area contributed by atoms with Gasteiger partial charge in [-0.25, -0.2) is 0 Å². The second-order valence-corrected chi connectivity index (χ2v) is 4.43. The molecule has 94 valence electrons. The summed E-state index contributed by atoms with van der Waals surface area (Å²) in [6, 6.07) is 7.00. The average molecular weight is 262 g/mol. The van der Waals surface area contributed by atoms with E-state index in [4.69, 9.17) is 12.2 Å². The van der Waals surface area contributed by atoms with Crippen molar-refractivity contribution in [2.24, 2.45) is 0 Å². The third-order valence-corrected chi connectivity index (χ3v) is 3.05. The Hall–Kier alpha value is -1.88. The molecule has 0 aliphatic rings. The van der Waals surface area contributed by atoms with Gasteiger partial charge in [-0.1, -0.05) is 25.1 Å². The minimum Gasteiger partial charge on any atom is -0.508 e. The molecule has 4 nitrogen and oxygen atoms in total. The van der Waals surface area contributed by atoms with Gasteiger partial charge in [0.15, 0.2) is 4.77 Å². The summed E-state index contributed by atoms with van der Waals surface area (Å²) in [6.45, 7) is 1.95. The minimum atomic E-state index is -0.196. The van der Waals surface area contributed by atoms with Crippen LogP contribution in [-0.4, -0.2) is 15.1 Å². The smallest absolute Gasteiger partial charge is 0.255 e. The van der Waals surface area contributed by atoms with Crippen LogP contribution in [0.15, 0.2) is 29.1 Å². The van der Waals surface area contributed by atoms with Gasteiger partial charge in [0.25, 0.3) is 5.56 Å². The second-order valence-electron chi connectivity index (χ2n) is 4.02. The highest BCUT2D eigenvalue weighted by Crippen LogP contribution is 2.19. The van der Waals surface area contributed by atoms with Gasteiger partial charge in [0.1, 0.15) is 5.75 Å². The van der Waals surface area contributed by atoms with Crippen molar-refractivity contribution in [1.29, 1.82) is 0 Å². The molecule has 3 N–H and O–H groups in total. The Morgan fingerprint density at radius 2 is 2.00 bits per heavy atom. The van der Waals surface area contributed by atoms with Crippen LogP contribution in [0.2, 0.25) is 0 Å². The van der Waals surface area contributed by atoms with E-state index >= 15 is 0 Å². The van der Waals surface area contributed by atoms with Crippen molar-refractivity contribution in [3.63, 3.8) is 0 Å². The first-order chi connectivity index (χ1) is 8.61. The maximum Gasteiger partial charge on any atom is 0.255 e. The standard InChI is InChI=1S/C13H14N2O2S/c1-2-10-9(12(17)15-13(18)14-10)7-8-5-3-4-6-11(8)16/h3-6,16H,2,7H2,1H3,(H2,14,15,17,18). The molecule has 0 bridgehead atoms. The number of hydrogen-bond acceptors (Lipinski definition) is 3. The van der Waals surface area contributed by atoms with Gasteiger partial charge in [-0.3, -0.25) is 9.78 Å². The predicted molar refractivity (Wildman–Crippen MR) is 72.5 cm³/mol. The average Bonchev–Trinajstić information content (AvgIpc) is 2.34. The number of rotatable bonds is 3. The van der Waals surface area contributed by atoms with Crippen LogP contribution >= 0.6 is 12.2 Å². The number of nitrogens with one attached hydrogen (secondary N) is 2. The number of aryl methyl sites for hydroxylation is 1. The number of H-pyrrole nitrogens is 2. The summed E-state index contributed by atoms with van der Waals surface area (Å²) < 4.78 is 0.331. The molecule has 0 saturated heterocycles. The zero-order valence-corrected chi connectivity index (χ0v) is 10.8. The third kappa shape index (κ3) is 2.51. The molecule has 1 aromatic heterocycles. The Labute approximate surface area is 109 Å². The molecule has 0 atom stereocenters. The van der Waals surface area contributed by atoms with E-state index in [0.717, 1.165) is 11.3 Å². The fraction of sp³-hybridized carbons (Fsp3) is 0.231. The molecule has 2 aromatic rings. The van der Waals surface area contributed by atoms with Crippen molar-refractivity contribution >= 4 is 12.2 Å². The lowest BCUT2D eigenvalue weighted by atomic mass is 10.0. The molecule has 0 aliphatic carbocycles. The van der Waals surface area contributed by atoms with Gasteiger partial charge in [-0.2, -0.15) is 0 Å². The van der Waals surface area contributed by atoms with Crippen molar-refractivity contribution in [3.05, 3.63) is 56.2 Å². The van der Waals surface area contributed by atoms with Crippen LogP contribution in [0.3, 0.4) is 0 Å². The molecule has 18 heavy (non-hydrogen) atoms. The number of hydrogen-bond donors (Lipinski definition) is 3. The van der Waals surface area contributed by atoms with E-state index in [2.05, 4.69) is 9.97 Å². The van der Waals surface area contributed by atoms with Crippen LogP contribution in [0.1, 0.15) is 23.7 Å². The van der Waals surface area contributed by atoms with Gasteiger partial charge in [0.2, 0.25) is 0 Å². The molecule has 0 unspecified atom stereocenters. The molecule has 0 saturated carbocycles. The van der Waals surface area contributed by atoms with E-state index in [9.17, 15) is 9.90 Å². The van der Waals surface area contributed by atoms with E-state index in [-0.39, 0.29) is 11.3 Å². The van der Waals surface area contributed by atoms with Gasteiger partial charge < -0.3 is 10.1 Å². The highest BCUT2D eigenvalue weighted by Gasteiger charge is 2.10. The monoisotopic (exact) mass is 262 g/mol. The van der Waals surface area contributed by atoms with Crippen molar-refractivity contribution in [1.82, 2.24) is 9.97 Å². The minimum absolute atomic E-state index is 0.196. The second kappa shape index (κ2) is 5.18. The summed E-state index contributed by atoms with van der Waals surface area (Å²) >= 11 is 4.94. The predicted octanol–water partition coefficient (Wildman–Crippen LogP) is 2.29. The summed E-state index contributed by atoms with van der Waals surface area (Å²) in [7, 11) is 0. The SMILES string of the molecule is CCc1[nH]c(=S)[nH]c(=O)c1Cc1ccccc1O.